The number of hydrogen-bond acceptors (Lipinski definition) is 5. The quantitative estimate of drug-likeness (QED) is 0.585. The minimum absolute atomic E-state index is 0.0412. The SMILES string of the molecule is COc1ccc(C#CCN2CCc3ncn(Cc4ccc(N(C)C)cc4)c(=O)c3C2)cc1. The summed E-state index contributed by atoms with van der Waals surface area (Å²) >= 11 is 0. The second-order valence-electron chi connectivity index (χ2n) is 8.15. The molecule has 2 aromatic carbocycles. The monoisotopic (exact) mass is 428 g/mol. The standard InChI is InChI=1S/C26H28N4O2/c1-28(2)22-10-6-21(7-11-22)17-30-19-27-25-14-16-29(18-24(25)26(30)31)15-4-5-20-8-12-23(32-3)13-9-20/h6-13,19H,14-18H2,1-3H3. The highest BCUT2D eigenvalue weighted by molar-refractivity contribution is 5.46. The summed E-state index contributed by atoms with van der Waals surface area (Å²) in [5, 5.41) is 0. The van der Waals surface area contributed by atoms with Gasteiger partial charge in [0.1, 0.15) is 5.75 Å². The number of aromatic nitrogens is 2. The third-order valence-corrected chi connectivity index (χ3v) is 5.70. The fraction of sp³-hybridized carbons (Fsp3) is 0.308. The van der Waals surface area contributed by atoms with Crippen LogP contribution in [0.25, 0.3) is 0 Å². The molecule has 0 unspecified atom stereocenters. The van der Waals surface area contributed by atoms with E-state index in [2.05, 4.69) is 50.9 Å². The van der Waals surface area contributed by atoms with Crippen LogP contribution >= 0.6 is 0 Å². The molecule has 6 heteroatoms. The molecule has 1 aromatic heterocycles. The number of methoxy groups -OCH3 is 1. The number of rotatable bonds is 5. The fourth-order valence-corrected chi connectivity index (χ4v) is 3.78. The summed E-state index contributed by atoms with van der Waals surface area (Å²) in [4.78, 5) is 22.0. The van der Waals surface area contributed by atoms with Crippen LogP contribution in [0.15, 0.2) is 59.7 Å². The van der Waals surface area contributed by atoms with Gasteiger partial charge in [0.15, 0.2) is 0 Å². The third kappa shape index (κ3) is 5.01. The third-order valence-electron chi connectivity index (χ3n) is 5.70. The van der Waals surface area contributed by atoms with Gasteiger partial charge in [-0.3, -0.25) is 14.3 Å². The summed E-state index contributed by atoms with van der Waals surface area (Å²) in [6.07, 6.45) is 2.45. The maximum absolute atomic E-state index is 13.1. The lowest BCUT2D eigenvalue weighted by Gasteiger charge is -2.26. The summed E-state index contributed by atoms with van der Waals surface area (Å²) in [7, 11) is 5.68. The Morgan fingerprint density at radius 1 is 1.09 bits per heavy atom. The second-order valence-corrected chi connectivity index (χ2v) is 8.15. The Labute approximate surface area is 189 Å². The van der Waals surface area contributed by atoms with Crippen LogP contribution in [0.3, 0.4) is 0 Å². The van der Waals surface area contributed by atoms with Gasteiger partial charge in [-0.15, -0.1) is 0 Å². The average molecular weight is 429 g/mol. The maximum Gasteiger partial charge on any atom is 0.258 e. The van der Waals surface area contributed by atoms with Crippen LogP contribution < -0.4 is 15.2 Å². The van der Waals surface area contributed by atoms with Crippen molar-refractivity contribution in [1.29, 1.82) is 0 Å². The van der Waals surface area contributed by atoms with E-state index in [0.717, 1.165) is 46.8 Å². The van der Waals surface area contributed by atoms with Gasteiger partial charge >= 0.3 is 0 Å². The highest BCUT2D eigenvalue weighted by Crippen LogP contribution is 2.15. The first-order chi connectivity index (χ1) is 15.5. The Bertz CT molecular complexity index is 1190. The van der Waals surface area contributed by atoms with Gasteiger partial charge in [-0.1, -0.05) is 24.0 Å². The molecule has 0 saturated carbocycles. The van der Waals surface area contributed by atoms with E-state index in [1.807, 2.05) is 38.4 Å². The lowest BCUT2D eigenvalue weighted by Crippen LogP contribution is -2.38. The van der Waals surface area contributed by atoms with Crippen molar-refractivity contribution >= 4 is 5.69 Å². The summed E-state index contributed by atoms with van der Waals surface area (Å²) in [6.45, 7) is 2.57. The van der Waals surface area contributed by atoms with Crippen molar-refractivity contribution < 1.29 is 4.74 Å². The molecule has 0 N–H and O–H groups in total. The molecule has 3 aromatic rings. The highest BCUT2D eigenvalue weighted by Gasteiger charge is 2.20. The number of nitrogens with zero attached hydrogens (tertiary/aromatic N) is 4. The van der Waals surface area contributed by atoms with Crippen molar-refractivity contribution in [3.8, 4) is 17.6 Å². The molecule has 0 aliphatic carbocycles. The van der Waals surface area contributed by atoms with E-state index in [0.29, 0.717) is 19.6 Å². The zero-order chi connectivity index (χ0) is 22.5. The summed E-state index contributed by atoms with van der Waals surface area (Å²) in [6, 6.07) is 16.0. The first-order valence-corrected chi connectivity index (χ1v) is 10.7. The van der Waals surface area contributed by atoms with Gasteiger partial charge in [-0.05, 0) is 42.0 Å². The summed E-state index contributed by atoms with van der Waals surface area (Å²) in [5.41, 5.74) is 4.91. The van der Waals surface area contributed by atoms with Crippen LogP contribution in [0, 0.1) is 11.8 Å². The number of anilines is 1. The number of fused-ring (bicyclic) bond motifs is 1. The Kier molecular flexibility index (Phi) is 6.58. The van der Waals surface area contributed by atoms with Crippen LogP contribution in [0.5, 0.6) is 5.75 Å². The predicted molar refractivity (Wildman–Crippen MR) is 127 cm³/mol. The largest absolute Gasteiger partial charge is 0.497 e. The molecule has 0 atom stereocenters. The molecule has 6 nitrogen and oxygen atoms in total. The van der Waals surface area contributed by atoms with E-state index in [-0.39, 0.29) is 5.56 Å². The van der Waals surface area contributed by atoms with Gasteiger partial charge in [-0.2, -0.15) is 0 Å². The Morgan fingerprint density at radius 2 is 1.84 bits per heavy atom. The fourth-order valence-electron chi connectivity index (χ4n) is 3.78. The van der Waals surface area contributed by atoms with E-state index in [4.69, 9.17) is 4.74 Å². The Hall–Kier alpha value is -3.56. The van der Waals surface area contributed by atoms with Gasteiger partial charge in [-0.25, -0.2) is 4.98 Å². The summed E-state index contributed by atoms with van der Waals surface area (Å²) in [5.74, 6) is 7.24. The van der Waals surface area contributed by atoms with Crippen LogP contribution in [-0.2, 0) is 19.5 Å². The predicted octanol–water partition coefficient (Wildman–Crippen LogP) is 2.78. The van der Waals surface area contributed by atoms with Crippen LogP contribution in [-0.4, -0.2) is 48.7 Å². The van der Waals surface area contributed by atoms with E-state index >= 15 is 0 Å². The molecule has 0 radical (unpaired) electrons. The van der Waals surface area contributed by atoms with Crippen LogP contribution in [0.1, 0.15) is 22.4 Å². The van der Waals surface area contributed by atoms with Crippen molar-refractivity contribution in [2.45, 2.75) is 19.5 Å². The van der Waals surface area contributed by atoms with E-state index in [9.17, 15) is 4.79 Å². The minimum Gasteiger partial charge on any atom is -0.497 e. The van der Waals surface area contributed by atoms with Crippen LogP contribution in [0.2, 0.25) is 0 Å². The summed E-state index contributed by atoms with van der Waals surface area (Å²) < 4.78 is 6.88. The topological polar surface area (TPSA) is 50.6 Å². The van der Waals surface area contributed by atoms with E-state index in [1.54, 1.807) is 18.0 Å². The van der Waals surface area contributed by atoms with Crippen molar-refractivity contribution in [3.63, 3.8) is 0 Å². The van der Waals surface area contributed by atoms with Crippen molar-refractivity contribution in [2.24, 2.45) is 0 Å². The zero-order valence-corrected chi connectivity index (χ0v) is 18.8. The van der Waals surface area contributed by atoms with Crippen molar-refractivity contribution in [2.75, 3.05) is 39.2 Å². The Balaban J connectivity index is 1.44. The van der Waals surface area contributed by atoms with Crippen molar-refractivity contribution in [3.05, 3.63) is 87.6 Å². The molecule has 1 aliphatic rings. The molecule has 0 bridgehead atoms. The number of benzene rings is 2. The molecule has 0 amide bonds. The lowest BCUT2D eigenvalue weighted by atomic mass is 10.1. The molecule has 1 aliphatic heterocycles. The molecule has 164 valence electrons. The molecule has 32 heavy (non-hydrogen) atoms. The van der Waals surface area contributed by atoms with Gasteiger partial charge < -0.3 is 9.64 Å². The first kappa shape index (κ1) is 21.7. The van der Waals surface area contributed by atoms with Gasteiger partial charge in [0.2, 0.25) is 0 Å². The molecule has 0 fully saturated rings. The minimum atomic E-state index is 0.0412. The van der Waals surface area contributed by atoms with Gasteiger partial charge in [0, 0.05) is 44.9 Å². The smallest absolute Gasteiger partial charge is 0.258 e. The zero-order valence-electron chi connectivity index (χ0n) is 18.8. The molecule has 2 heterocycles. The molecule has 0 spiro atoms. The van der Waals surface area contributed by atoms with Gasteiger partial charge in [0.05, 0.1) is 37.8 Å². The molecular formula is C26H28N4O2. The number of ether oxygens (including phenoxy) is 1. The Morgan fingerprint density at radius 3 is 2.53 bits per heavy atom. The maximum atomic E-state index is 13.1. The van der Waals surface area contributed by atoms with E-state index in [1.165, 1.54) is 0 Å². The van der Waals surface area contributed by atoms with Crippen molar-refractivity contribution in [1.82, 2.24) is 14.5 Å². The normalized spacial score (nSPS) is 13.1. The van der Waals surface area contributed by atoms with Crippen LogP contribution in [0.4, 0.5) is 5.69 Å². The molecule has 0 saturated heterocycles. The molecular weight excluding hydrogens is 400 g/mol. The first-order valence-electron chi connectivity index (χ1n) is 10.7. The average Bonchev–Trinajstić information content (AvgIpc) is 2.82. The lowest BCUT2D eigenvalue weighted by molar-refractivity contribution is 0.280. The van der Waals surface area contributed by atoms with Gasteiger partial charge in [0.25, 0.3) is 5.56 Å². The highest BCUT2D eigenvalue weighted by atomic mass is 16.5. The second kappa shape index (κ2) is 9.71. The van der Waals surface area contributed by atoms with E-state index < -0.39 is 0 Å². The number of hydrogen-bond donors (Lipinski definition) is 0. The molecule has 4 rings (SSSR count).